The minimum Gasteiger partial charge on any atom is -0.481 e. The maximum Gasteiger partial charge on any atom is 0.371 e. The van der Waals surface area contributed by atoms with Gasteiger partial charge in [-0.15, -0.1) is 0 Å². The van der Waals surface area contributed by atoms with Crippen LogP contribution in [0.3, 0.4) is 0 Å². The van der Waals surface area contributed by atoms with Crippen LogP contribution in [-0.2, 0) is 16.6 Å². The highest BCUT2D eigenvalue weighted by molar-refractivity contribution is 5.84. The molecule has 0 spiro atoms. The highest BCUT2D eigenvalue weighted by Crippen LogP contribution is 2.26. The molecule has 0 saturated heterocycles. The number of carbonyl (C=O) groups is 2. The van der Waals surface area contributed by atoms with Gasteiger partial charge in [0.1, 0.15) is 11.7 Å². The van der Waals surface area contributed by atoms with Crippen LogP contribution in [0.2, 0.25) is 0 Å². The Labute approximate surface area is 134 Å². The molecule has 2 N–H and O–H groups in total. The molecule has 0 aliphatic heterocycles. The van der Waals surface area contributed by atoms with Crippen LogP contribution < -0.4 is 0 Å². The van der Waals surface area contributed by atoms with E-state index in [-0.39, 0.29) is 23.4 Å². The van der Waals surface area contributed by atoms with E-state index in [1.807, 2.05) is 24.3 Å². The summed E-state index contributed by atoms with van der Waals surface area (Å²) in [4.78, 5) is 22.4. The monoisotopic (exact) mass is 316 g/mol. The molecule has 0 amide bonds. The van der Waals surface area contributed by atoms with Crippen molar-refractivity contribution in [3.05, 3.63) is 59.0 Å². The molecule has 2 rings (SSSR count). The smallest absolute Gasteiger partial charge is 0.371 e. The molecule has 0 saturated carbocycles. The number of aliphatic carboxylic acids is 1. The molecule has 23 heavy (non-hydrogen) atoms. The Balaban J connectivity index is 2.22. The number of carboxylic acids is 2. The van der Waals surface area contributed by atoms with E-state index in [0.29, 0.717) is 0 Å². The Morgan fingerprint density at radius 3 is 2.09 bits per heavy atom. The quantitative estimate of drug-likeness (QED) is 0.878. The van der Waals surface area contributed by atoms with Gasteiger partial charge < -0.3 is 14.6 Å². The molecule has 0 radical (unpaired) electrons. The molecule has 5 nitrogen and oxygen atoms in total. The third-order valence-corrected chi connectivity index (χ3v) is 3.74. The van der Waals surface area contributed by atoms with Crippen LogP contribution in [0.25, 0.3) is 0 Å². The highest BCUT2D eigenvalue weighted by atomic mass is 16.4. The van der Waals surface area contributed by atoms with Crippen molar-refractivity contribution in [2.75, 3.05) is 0 Å². The summed E-state index contributed by atoms with van der Waals surface area (Å²) in [6.07, 6.45) is 0.242. The maximum atomic E-state index is 11.5. The van der Waals surface area contributed by atoms with E-state index in [0.717, 1.165) is 5.56 Å². The molecule has 1 unspecified atom stereocenters. The fourth-order valence-corrected chi connectivity index (χ4v) is 2.34. The lowest BCUT2D eigenvalue weighted by Crippen LogP contribution is -2.14. The van der Waals surface area contributed by atoms with Crippen molar-refractivity contribution in [2.24, 2.45) is 0 Å². The third-order valence-electron chi connectivity index (χ3n) is 3.74. The van der Waals surface area contributed by atoms with Crippen molar-refractivity contribution in [1.82, 2.24) is 0 Å². The average molecular weight is 316 g/mol. The van der Waals surface area contributed by atoms with Crippen molar-refractivity contribution < 1.29 is 24.2 Å². The topological polar surface area (TPSA) is 87.7 Å². The van der Waals surface area contributed by atoms with Gasteiger partial charge in [0.2, 0.25) is 5.76 Å². The first-order chi connectivity index (χ1) is 10.7. The van der Waals surface area contributed by atoms with Crippen LogP contribution in [0.15, 0.2) is 40.8 Å². The summed E-state index contributed by atoms with van der Waals surface area (Å²) in [5.74, 6) is -3.28. The highest BCUT2D eigenvalue weighted by Gasteiger charge is 2.25. The summed E-state index contributed by atoms with van der Waals surface area (Å²) in [6.45, 7) is 6.33. The van der Waals surface area contributed by atoms with Crippen LogP contribution in [0.4, 0.5) is 0 Å². The third kappa shape index (κ3) is 4.00. The predicted octanol–water partition coefficient (Wildman–Crippen LogP) is 3.69. The second-order valence-electron chi connectivity index (χ2n) is 6.55. The number of furan rings is 1. The predicted molar refractivity (Wildman–Crippen MR) is 84.9 cm³/mol. The largest absolute Gasteiger partial charge is 0.481 e. The lowest BCUT2D eigenvalue weighted by atomic mass is 9.86. The van der Waals surface area contributed by atoms with Crippen molar-refractivity contribution in [3.63, 3.8) is 0 Å². The standard InChI is InChI=1S/C18H20O5/c1-18(2,3)12-6-4-11(5-7-12)10-13(16(19)20)14-8-9-15(23-14)17(21)22/h4-9,13H,10H2,1-3H3,(H,19,20)(H,21,22). The summed E-state index contributed by atoms with van der Waals surface area (Å²) in [7, 11) is 0. The molecule has 1 aromatic heterocycles. The first-order valence-electron chi connectivity index (χ1n) is 7.33. The fourth-order valence-electron chi connectivity index (χ4n) is 2.34. The van der Waals surface area contributed by atoms with E-state index in [9.17, 15) is 14.7 Å². The molecular formula is C18H20O5. The van der Waals surface area contributed by atoms with Gasteiger partial charge in [-0.25, -0.2) is 4.79 Å². The SMILES string of the molecule is CC(C)(C)c1ccc(CC(C(=O)O)c2ccc(C(=O)O)o2)cc1. The number of rotatable bonds is 5. The normalized spacial score (nSPS) is 12.8. The van der Waals surface area contributed by atoms with Gasteiger partial charge in [-0.3, -0.25) is 4.79 Å². The molecule has 0 aliphatic carbocycles. The lowest BCUT2D eigenvalue weighted by Gasteiger charge is -2.19. The summed E-state index contributed by atoms with van der Waals surface area (Å²) in [5, 5.41) is 18.3. The van der Waals surface area contributed by atoms with Crippen LogP contribution in [-0.4, -0.2) is 22.2 Å². The molecule has 2 aromatic rings. The molecule has 1 aromatic carbocycles. The summed E-state index contributed by atoms with van der Waals surface area (Å²) in [6, 6.07) is 10.5. The fraction of sp³-hybridized carbons (Fsp3) is 0.333. The number of benzene rings is 1. The van der Waals surface area contributed by atoms with E-state index < -0.39 is 17.9 Å². The molecule has 0 fully saturated rings. The van der Waals surface area contributed by atoms with Crippen molar-refractivity contribution in [2.45, 2.75) is 38.5 Å². The minimum absolute atomic E-state index is 0.0299. The van der Waals surface area contributed by atoms with E-state index in [4.69, 9.17) is 9.52 Å². The zero-order valence-electron chi connectivity index (χ0n) is 13.4. The Kier molecular flexibility index (Phi) is 4.59. The summed E-state index contributed by atoms with van der Waals surface area (Å²) < 4.78 is 5.14. The van der Waals surface area contributed by atoms with Gasteiger partial charge in [0, 0.05) is 0 Å². The van der Waals surface area contributed by atoms with Crippen molar-refractivity contribution >= 4 is 11.9 Å². The zero-order chi connectivity index (χ0) is 17.2. The van der Waals surface area contributed by atoms with Gasteiger partial charge in [-0.05, 0) is 35.1 Å². The van der Waals surface area contributed by atoms with Crippen molar-refractivity contribution in [3.8, 4) is 0 Å². The van der Waals surface area contributed by atoms with E-state index >= 15 is 0 Å². The van der Waals surface area contributed by atoms with Gasteiger partial charge in [-0.2, -0.15) is 0 Å². The molecular weight excluding hydrogens is 296 g/mol. The van der Waals surface area contributed by atoms with Gasteiger partial charge in [0.05, 0.1) is 0 Å². The maximum absolute atomic E-state index is 11.5. The Morgan fingerprint density at radius 2 is 1.65 bits per heavy atom. The van der Waals surface area contributed by atoms with E-state index in [1.165, 1.54) is 17.7 Å². The number of hydrogen-bond acceptors (Lipinski definition) is 3. The Hall–Kier alpha value is -2.56. The number of hydrogen-bond donors (Lipinski definition) is 2. The summed E-state index contributed by atoms with van der Waals surface area (Å²) in [5.41, 5.74) is 2.06. The first kappa shape index (κ1) is 16.8. The zero-order valence-corrected chi connectivity index (χ0v) is 13.4. The molecule has 5 heteroatoms. The van der Waals surface area contributed by atoms with Crippen LogP contribution >= 0.6 is 0 Å². The summed E-state index contributed by atoms with van der Waals surface area (Å²) >= 11 is 0. The van der Waals surface area contributed by atoms with Crippen LogP contribution in [0, 0.1) is 0 Å². The van der Waals surface area contributed by atoms with Gasteiger partial charge >= 0.3 is 11.9 Å². The molecule has 0 aliphatic rings. The Bertz CT molecular complexity index is 704. The number of aromatic carboxylic acids is 1. The van der Waals surface area contributed by atoms with Crippen LogP contribution in [0.1, 0.15) is 54.1 Å². The lowest BCUT2D eigenvalue weighted by molar-refractivity contribution is -0.139. The minimum atomic E-state index is -1.21. The van der Waals surface area contributed by atoms with Crippen LogP contribution in [0.5, 0.6) is 0 Å². The van der Waals surface area contributed by atoms with Crippen molar-refractivity contribution in [1.29, 1.82) is 0 Å². The average Bonchev–Trinajstić information content (AvgIpc) is 2.93. The second kappa shape index (κ2) is 6.28. The van der Waals surface area contributed by atoms with Gasteiger partial charge in [0.15, 0.2) is 0 Å². The molecule has 122 valence electrons. The first-order valence-corrected chi connectivity index (χ1v) is 7.33. The van der Waals surface area contributed by atoms with Gasteiger partial charge in [-0.1, -0.05) is 45.0 Å². The molecule has 1 atom stereocenters. The molecule has 0 bridgehead atoms. The Morgan fingerprint density at radius 1 is 1.04 bits per heavy atom. The van der Waals surface area contributed by atoms with Gasteiger partial charge in [0.25, 0.3) is 0 Å². The van der Waals surface area contributed by atoms with E-state index in [1.54, 1.807) is 0 Å². The second-order valence-corrected chi connectivity index (χ2v) is 6.55. The molecule has 1 heterocycles. The number of carboxylic acid groups (broad SMARTS) is 2. The van der Waals surface area contributed by atoms with E-state index in [2.05, 4.69) is 20.8 Å².